The summed E-state index contributed by atoms with van der Waals surface area (Å²) in [5, 5.41) is 0. The van der Waals surface area contributed by atoms with E-state index in [1.807, 2.05) is 0 Å². The van der Waals surface area contributed by atoms with Gasteiger partial charge in [-0.1, -0.05) is 154 Å². The molecule has 2 nitrogen and oxygen atoms in total. The highest BCUT2D eigenvalue weighted by Crippen LogP contribution is 2.36. The molecule has 0 aromatic heterocycles. The molecule has 0 aliphatic rings. The summed E-state index contributed by atoms with van der Waals surface area (Å²) in [5.41, 5.74) is 5.13. The summed E-state index contributed by atoms with van der Waals surface area (Å²) in [4.78, 5) is 5.71. The molecule has 0 aromatic carbocycles. The summed E-state index contributed by atoms with van der Waals surface area (Å²) in [7, 11) is 0. The molecule has 0 bridgehead atoms. The molecule has 2 heteroatoms. The van der Waals surface area contributed by atoms with Gasteiger partial charge in [-0.15, -0.1) is 6.58 Å². The van der Waals surface area contributed by atoms with Crippen molar-refractivity contribution < 1.29 is 4.84 Å². The normalized spacial score (nSPS) is 13.6. The van der Waals surface area contributed by atoms with Crippen molar-refractivity contribution in [3.8, 4) is 0 Å². The summed E-state index contributed by atoms with van der Waals surface area (Å²) in [6.45, 7) is 15.2. The number of rotatable bonds is 31. The third kappa shape index (κ3) is 24.4. The fourth-order valence-corrected chi connectivity index (χ4v) is 5.73. The number of hydrogen-bond donors (Lipinski definition) is 1. The van der Waals surface area contributed by atoms with Gasteiger partial charge in [0.1, 0.15) is 0 Å². The van der Waals surface area contributed by atoms with Crippen LogP contribution in [0.5, 0.6) is 0 Å². The van der Waals surface area contributed by atoms with Gasteiger partial charge in [0.2, 0.25) is 0 Å². The number of nitrogens with one attached hydrogen (secondary N) is 1. The first-order valence-corrected chi connectivity index (χ1v) is 17.3. The summed E-state index contributed by atoms with van der Waals surface area (Å²) >= 11 is 0. The maximum absolute atomic E-state index is 5.71. The van der Waals surface area contributed by atoms with E-state index < -0.39 is 0 Å². The van der Waals surface area contributed by atoms with Crippen molar-refractivity contribution in [1.82, 2.24) is 5.48 Å². The minimum absolute atomic E-state index is 0.283. The van der Waals surface area contributed by atoms with Crippen LogP contribution in [0.2, 0.25) is 0 Å². The van der Waals surface area contributed by atoms with E-state index >= 15 is 0 Å². The molecule has 0 amide bonds. The van der Waals surface area contributed by atoms with Gasteiger partial charge < -0.3 is 4.84 Å². The van der Waals surface area contributed by atoms with E-state index in [0.29, 0.717) is 0 Å². The molecule has 0 saturated carbocycles. The lowest BCUT2D eigenvalue weighted by Gasteiger charge is -2.31. The fourth-order valence-electron chi connectivity index (χ4n) is 5.73. The average molecular weight is 534 g/mol. The average Bonchev–Trinajstić information content (AvgIpc) is 2.92. The minimum atomic E-state index is 0.283. The second kappa shape index (κ2) is 29.4. The van der Waals surface area contributed by atoms with Crippen molar-refractivity contribution in [3.05, 3.63) is 24.3 Å². The van der Waals surface area contributed by atoms with Gasteiger partial charge in [0, 0.05) is 6.54 Å². The van der Waals surface area contributed by atoms with Crippen LogP contribution in [0.3, 0.4) is 0 Å². The highest BCUT2D eigenvalue weighted by atomic mass is 16.6. The predicted molar refractivity (Wildman–Crippen MR) is 173 cm³/mol. The Morgan fingerprint density at radius 1 is 0.632 bits per heavy atom. The zero-order valence-electron chi connectivity index (χ0n) is 26.9. The molecule has 0 aliphatic heterocycles. The fraction of sp³-hybridized carbons (Fsp3) is 0.889. The zero-order valence-corrected chi connectivity index (χ0v) is 26.9. The maximum Gasteiger partial charge on any atom is 0.0682 e. The van der Waals surface area contributed by atoms with E-state index in [0.717, 1.165) is 26.0 Å². The van der Waals surface area contributed by atoms with Crippen LogP contribution in [0, 0.1) is 5.41 Å². The minimum Gasteiger partial charge on any atom is -0.302 e. The number of unbranched alkanes of at least 4 members (excludes halogenated alkanes) is 17. The van der Waals surface area contributed by atoms with Crippen molar-refractivity contribution in [1.29, 1.82) is 0 Å². The first kappa shape index (κ1) is 37.4. The van der Waals surface area contributed by atoms with E-state index in [4.69, 9.17) is 4.84 Å². The van der Waals surface area contributed by atoms with E-state index in [2.05, 4.69) is 51.9 Å². The van der Waals surface area contributed by atoms with Crippen LogP contribution < -0.4 is 5.48 Å². The van der Waals surface area contributed by atoms with Gasteiger partial charge in [0.05, 0.1) is 6.61 Å². The molecule has 0 saturated heterocycles. The molecule has 1 unspecified atom stereocenters. The van der Waals surface area contributed by atoms with Gasteiger partial charge in [0.15, 0.2) is 0 Å². The monoisotopic (exact) mass is 534 g/mol. The molecule has 0 rings (SSSR count). The topological polar surface area (TPSA) is 21.3 Å². The summed E-state index contributed by atoms with van der Waals surface area (Å²) in [6, 6.07) is 0. The van der Waals surface area contributed by atoms with Gasteiger partial charge in [0.25, 0.3) is 0 Å². The Morgan fingerprint density at radius 2 is 1.11 bits per heavy atom. The van der Waals surface area contributed by atoms with Crippen molar-refractivity contribution in [3.63, 3.8) is 0 Å². The summed E-state index contributed by atoms with van der Waals surface area (Å²) < 4.78 is 0. The Balaban J connectivity index is 4.22. The van der Waals surface area contributed by atoms with Gasteiger partial charge in [-0.3, -0.25) is 0 Å². The standard InChI is InChI=1S/C36H71NO/c1-6-10-12-13-14-16-19-22-25-30-36(9-4,32-33-37-38-34-27-11-7-2)31-26-23-20-17-15-18-21-24-29-35(5)28-8-3/h9,28,37H,4,6-8,10-27,29-34H2,1-3,5H3. The van der Waals surface area contributed by atoms with Crippen LogP contribution in [0.1, 0.15) is 188 Å². The summed E-state index contributed by atoms with van der Waals surface area (Å²) in [5.74, 6) is 0. The lowest BCUT2D eigenvalue weighted by atomic mass is 9.75. The van der Waals surface area contributed by atoms with Crippen molar-refractivity contribution in [2.24, 2.45) is 5.41 Å². The molecule has 0 radical (unpaired) electrons. The van der Waals surface area contributed by atoms with E-state index in [9.17, 15) is 0 Å². The van der Waals surface area contributed by atoms with Crippen LogP contribution in [-0.2, 0) is 4.84 Å². The molecule has 0 fully saturated rings. The molecule has 0 aliphatic carbocycles. The van der Waals surface area contributed by atoms with Crippen LogP contribution in [0.15, 0.2) is 24.3 Å². The second-order valence-corrected chi connectivity index (χ2v) is 12.1. The van der Waals surface area contributed by atoms with Crippen LogP contribution in [-0.4, -0.2) is 13.2 Å². The Hall–Kier alpha value is -0.600. The maximum atomic E-state index is 5.71. The SMILES string of the molecule is C=CC(CCCCCCCCCCC)(CCCCCCCCCCC(C)=CCC)CCNOCCCCC. The van der Waals surface area contributed by atoms with Crippen molar-refractivity contribution in [2.45, 2.75) is 188 Å². The van der Waals surface area contributed by atoms with Crippen LogP contribution >= 0.6 is 0 Å². The molecule has 0 aromatic rings. The molecule has 1 atom stereocenters. The number of hydroxylamine groups is 1. The molecule has 1 N–H and O–H groups in total. The number of allylic oxidation sites excluding steroid dienone is 3. The lowest BCUT2D eigenvalue weighted by molar-refractivity contribution is 0.0317. The smallest absolute Gasteiger partial charge is 0.0682 e. The molecule has 0 heterocycles. The highest BCUT2D eigenvalue weighted by molar-refractivity contribution is 4.97. The first-order valence-electron chi connectivity index (χ1n) is 17.3. The quantitative estimate of drug-likeness (QED) is 0.0543. The highest BCUT2D eigenvalue weighted by Gasteiger charge is 2.25. The second-order valence-electron chi connectivity index (χ2n) is 12.1. The first-order chi connectivity index (χ1) is 18.6. The van der Waals surface area contributed by atoms with Gasteiger partial charge in [-0.05, 0) is 57.3 Å². The third-order valence-electron chi connectivity index (χ3n) is 8.44. The Morgan fingerprint density at radius 3 is 1.61 bits per heavy atom. The third-order valence-corrected chi connectivity index (χ3v) is 8.44. The lowest BCUT2D eigenvalue weighted by Crippen LogP contribution is -2.26. The van der Waals surface area contributed by atoms with Gasteiger partial charge >= 0.3 is 0 Å². The molecular formula is C36H71NO. The van der Waals surface area contributed by atoms with Crippen LogP contribution in [0.4, 0.5) is 0 Å². The Kier molecular flexibility index (Phi) is 28.9. The molecule has 226 valence electrons. The number of hydrogen-bond acceptors (Lipinski definition) is 2. The molecule has 38 heavy (non-hydrogen) atoms. The van der Waals surface area contributed by atoms with Gasteiger partial charge in [-0.25, -0.2) is 5.48 Å². The Bertz CT molecular complexity index is 513. The summed E-state index contributed by atoms with van der Waals surface area (Å²) in [6.07, 6.45) is 38.4. The predicted octanol–water partition coefficient (Wildman–Crippen LogP) is 12.4. The van der Waals surface area contributed by atoms with E-state index in [-0.39, 0.29) is 5.41 Å². The van der Waals surface area contributed by atoms with Crippen molar-refractivity contribution >= 4 is 0 Å². The Labute approximate surface area is 241 Å². The van der Waals surface area contributed by atoms with Gasteiger partial charge in [-0.2, -0.15) is 0 Å². The van der Waals surface area contributed by atoms with E-state index in [1.165, 1.54) is 148 Å². The zero-order chi connectivity index (χ0) is 28.0. The molecular weight excluding hydrogens is 462 g/mol. The van der Waals surface area contributed by atoms with E-state index in [1.54, 1.807) is 5.57 Å². The largest absolute Gasteiger partial charge is 0.302 e. The van der Waals surface area contributed by atoms with Crippen LogP contribution in [0.25, 0.3) is 0 Å². The molecule has 0 spiro atoms. The van der Waals surface area contributed by atoms with Crippen molar-refractivity contribution in [2.75, 3.05) is 13.2 Å².